The maximum Gasteiger partial charge on any atom is 0.419 e. The molecule has 4 nitrogen and oxygen atoms in total. The molecule has 0 N–H and O–H groups in total. The van der Waals surface area contributed by atoms with Crippen LogP contribution in [0.1, 0.15) is 48.9 Å². The summed E-state index contributed by atoms with van der Waals surface area (Å²) in [6.07, 6.45) is -14.3. The molecule has 1 heterocycles. The SMILES string of the molecule is CCOC(=O)CCS.CCOC(=O)CCSc1c(-c2cccc(F)c2F)ccc(C(F)(F)F)c1F.Cc1c(-c2cccc(F)c2F)ccc(C(F)(F)F)c1F.Fc1cccc2c1sc1c(F)c(C(F)(F)F)ccc12. The molecule has 0 spiro atoms. The number of fused-ring (bicyclic) bond motifs is 3. The number of thiol groups is 1. The highest BCUT2D eigenvalue weighted by Gasteiger charge is 2.38. The van der Waals surface area contributed by atoms with Crippen molar-refractivity contribution in [3.05, 3.63) is 160 Å². The van der Waals surface area contributed by atoms with Gasteiger partial charge in [-0.25, -0.2) is 35.1 Å². The summed E-state index contributed by atoms with van der Waals surface area (Å²) in [5.74, 6) is -10.2. The molecule has 24 heteroatoms. The number of alkyl halides is 9. The summed E-state index contributed by atoms with van der Waals surface area (Å²) in [4.78, 5) is 21.2. The molecule has 0 unspecified atom stereocenters. The molecular weight excluding hydrogens is 1080 g/mol. The Labute approximate surface area is 423 Å². The lowest BCUT2D eigenvalue weighted by Gasteiger charge is -2.16. The molecule has 7 aromatic rings. The van der Waals surface area contributed by atoms with Gasteiger partial charge in [-0.1, -0.05) is 54.6 Å². The van der Waals surface area contributed by atoms with Crippen molar-refractivity contribution in [2.45, 2.75) is 57.0 Å². The molecule has 7 rings (SSSR count). The Morgan fingerprint density at radius 1 is 0.500 bits per heavy atom. The average molecular weight is 1120 g/mol. The minimum atomic E-state index is -4.96. The fourth-order valence-electron chi connectivity index (χ4n) is 6.56. The first-order valence-electron chi connectivity index (χ1n) is 21.2. The first-order valence-corrected chi connectivity index (χ1v) is 23.6. The van der Waals surface area contributed by atoms with Crippen molar-refractivity contribution in [1.29, 1.82) is 0 Å². The number of rotatable bonds is 10. The van der Waals surface area contributed by atoms with Crippen LogP contribution in [-0.4, -0.2) is 36.7 Å². The molecule has 398 valence electrons. The topological polar surface area (TPSA) is 52.6 Å². The summed E-state index contributed by atoms with van der Waals surface area (Å²) >= 11 is 5.15. The van der Waals surface area contributed by atoms with Crippen LogP contribution >= 0.6 is 35.7 Å². The van der Waals surface area contributed by atoms with Gasteiger partial charge in [0, 0.05) is 39.0 Å². The van der Waals surface area contributed by atoms with Crippen molar-refractivity contribution < 1.29 is 93.7 Å². The van der Waals surface area contributed by atoms with Gasteiger partial charge in [0.1, 0.15) is 17.5 Å². The van der Waals surface area contributed by atoms with E-state index < -0.39 is 92.6 Å². The van der Waals surface area contributed by atoms with Crippen LogP contribution in [0.2, 0.25) is 0 Å². The predicted octanol–water partition coefficient (Wildman–Crippen LogP) is 17.2. The monoisotopic (exact) mass is 1120 g/mol. The molecule has 0 aliphatic carbocycles. The Bertz CT molecular complexity index is 3090. The number of esters is 2. The second kappa shape index (κ2) is 26.0. The second-order valence-electron chi connectivity index (χ2n) is 14.8. The predicted molar refractivity (Wildman–Crippen MR) is 250 cm³/mol. The number of hydrogen-bond donors (Lipinski definition) is 1. The van der Waals surface area contributed by atoms with Gasteiger partial charge in [0.05, 0.1) is 57.0 Å². The van der Waals surface area contributed by atoms with Crippen LogP contribution in [-0.2, 0) is 37.6 Å². The third-order valence-corrected chi connectivity index (χ3v) is 12.5. The van der Waals surface area contributed by atoms with E-state index in [0.29, 0.717) is 70.9 Å². The fraction of sp³-hybridized carbons (Fsp3) is 0.240. The second-order valence-corrected chi connectivity index (χ2v) is 17.4. The lowest BCUT2D eigenvalue weighted by Crippen LogP contribution is -2.10. The molecule has 1 aromatic heterocycles. The van der Waals surface area contributed by atoms with E-state index in [1.807, 2.05) is 0 Å². The lowest BCUT2D eigenvalue weighted by atomic mass is 9.97. The van der Waals surface area contributed by atoms with Gasteiger partial charge in [-0.05, 0) is 68.3 Å². The van der Waals surface area contributed by atoms with Gasteiger partial charge >= 0.3 is 30.5 Å². The van der Waals surface area contributed by atoms with Gasteiger partial charge in [0.15, 0.2) is 29.1 Å². The van der Waals surface area contributed by atoms with E-state index in [0.717, 1.165) is 43.3 Å². The zero-order chi connectivity index (χ0) is 55.5. The molecule has 0 radical (unpaired) electrons. The highest BCUT2D eigenvalue weighted by Crippen LogP contribution is 2.44. The fourth-order valence-corrected chi connectivity index (χ4v) is 8.93. The summed E-state index contributed by atoms with van der Waals surface area (Å²) in [7, 11) is 0. The van der Waals surface area contributed by atoms with Gasteiger partial charge in [0.2, 0.25) is 0 Å². The van der Waals surface area contributed by atoms with Crippen LogP contribution in [0.5, 0.6) is 0 Å². The highest BCUT2D eigenvalue weighted by molar-refractivity contribution is 7.99. The standard InChI is InChI=1S/C18H14F6O2S.C14H8F6.C13H5F5S.C5H10O2S/c1-2-26-14(25)8-9-27-17-11(10-4-3-5-13(19)15(10)20)6-7-12(16(17)21)18(22,23)24;1-7-8(9-3-2-4-11(15)13(9)17)5-6-10(12(7)16)14(18,19)20;14-9-3-1-2-6-7-4-5-8(13(16,17)18)10(15)12(7)19-11(6)9;1-2-7-5(6)3-4-8/h3-7H,2,8-9H2,1H3;2-6H,1H3;1-5H;8H,2-4H2,1H3. The zero-order valence-electron chi connectivity index (χ0n) is 38.2. The minimum absolute atomic E-state index is 0.0962. The van der Waals surface area contributed by atoms with Crippen LogP contribution in [0.25, 0.3) is 42.4 Å². The third-order valence-electron chi connectivity index (χ3n) is 9.92. The Morgan fingerprint density at radius 2 is 0.932 bits per heavy atom. The van der Waals surface area contributed by atoms with Gasteiger partial charge in [-0.15, -0.1) is 23.1 Å². The van der Waals surface area contributed by atoms with Crippen LogP contribution in [0.4, 0.5) is 74.6 Å². The number of ether oxygens (including phenoxy) is 2. The smallest absolute Gasteiger partial charge is 0.419 e. The quantitative estimate of drug-likeness (QED) is 0.0640. The first-order chi connectivity index (χ1) is 34.6. The summed E-state index contributed by atoms with van der Waals surface area (Å²) in [6, 6.07) is 15.3. The summed E-state index contributed by atoms with van der Waals surface area (Å²) in [6.45, 7) is 5.05. The molecule has 0 saturated heterocycles. The van der Waals surface area contributed by atoms with E-state index in [4.69, 9.17) is 4.74 Å². The van der Waals surface area contributed by atoms with Crippen LogP contribution in [0.3, 0.4) is 0 Å². The van der Waals surface area contributed by atoms with E-state index in [-0.39, 0.29) is 62.0 Å². The molecule has 0 atom stereocenters. The number of halogens is 17. The van der Waals surface area contributed by atoms with Crippen molar-refractivity contribution >= 4 is 67.8 Å². The number of thiophene rings is 1. The first kappa shape index (κ1) is 60.5. The summed E-state index contributed by atoms with van der Waals surface area (Å²) in [5.41, 5.74) is -5.68. The number of carbonyl (C=O) groups is 2. The van der Waals surface area contributed by atoms with Gasteiger partial charge in [0.25, 0.3) is 0 Å². The van der Waals surface area contributed by atoms with Crippen molar-refractivity contribution in [3.63, 3.8) is 0 Å². The Kier molecular flexibility index (Phi) is 21.2. The molecular formula is C50H37F17O4S3. The van der Waals surface area contributed by atoms with Crippen molar-refractivity contribution in [3.8, 4) is 22.3 Å². The number of hydrogen-bond acceptors (Lipinski definition) is 7. The maximum atomic E-state index is 14.5. The van der Waals surface area contributed by atoms with E-state index in [1.165, 1.54) is 30.3 Å². The Balaban J connectivity index is 0.000000227. The number of thioether (sulfide) groups is 1. The normalized spacial score (nSPS) is 11.5. The largest absolute Gasteiger partial charge is 0.466 e. The number of benzene rings is 6. The van der Waals surface area contributed by atoms with E-state index in [9.17, 15) is 84.2 Å². The minimum Gasteiger partial charge on any atom is -0.466 e. The maximum absolute atomic E-state index is 14.5. The Morgan fingerprint density at radius 3 is 1.45 bits per heavy atom. The molecule has 0 aliphatic heterocycles. The van der Waals surface area contributed by atoms with E-state index in [1.54, 1.807) is 19.9 Å². The highest BCUT2D eigenvalue weighted by atomic mass is 32.2. The molecule has 0 aliphatic rings. The lowest BCUT2D eigenvalue weighted by molar-refractivity contribution is -0.143. The third kappa shape index (κ3) is 15.1. The van der Waals surface area contributed by atoms with E-state index >= 15 is 0 Å². The van der Waals surface area contributed by atoms with Gasteiger partial charge in [-0.2, -0.15) is 52.1 Å². The van der Waals surface area contributed by atoms with Gasteiger partial charge in [-0.3, -0.25) is 9.59 Å². The van der Waals surface area contributed by atoms with Crippen molar-refractivity contribution in [2.75, 3.05) is 24.7 Å². The molecule has 6 aromatic carbocycles. The Hall–Kier alpha value is -6.01. The molecule has 0 bridgehead atoms. The molecule has 0 saturated carbocycles. The number of carbonyl (C=O) groups excluding carboxylic acids is 2. The van der Waals surface area contributed by atoms with Crippen LogP contribution < -0.4 is 0 Å². The molecule has 74 heavy (non-hydrogen) atoms. The molecule has 0 fully saturated rings. The average Bonchev–Trinajstić information content (AvgIpc) is 3.71. The van der Waals surface area contributed by atoms with Crippen LogP contribution in [0.15, 0.2) is 95.9 Å². The van der Waals surface area contributed by atoms with Gasteiger partial charge < -0.3 is 9.47 Å². The van der Waals surface area contributed by atoms with Crippen molar-refractivity contribution in [1.82, 2.24) is 0 Å². The van der Waals surface area contributed by atoms with E-state index in [2.05, 4.69) is 17.4 Å². The summed E-state index contributed by atoms with van der Waals surface area (Å²) < 4.78 is 234. The molecule has 0 amide bonds. The van der Waals surface area contributed by atoms with Crippen molar-refractivity contribution in [2.24, 2.45) is 0 Å². The van der Waals surface area contributed by atoms with Crippen LogP contribution in [0, 0.1) is 53.5 Å². The summed E-state index contributed by atoms with van der Waals surface area (Å²) in [5, 5.41) is 0.720. The zero-order valence-corrected chi connectivity index (χ0v) is 40.8.